The third-order valence-electron chi connectivity index (χ3n) is 5.38. The van der Waals surface area contributed by atoms with Crippen LogP contribution in [0.5, 0.6) is 0 Å². The number of hydrogen-bond donors (Lipinski definition) is 1. The van der Waals surface area contributed by atoms with Crippen LogP contribution in [0.3, 0.4) is 0 Å². The van der Waals surface area contributed by atoms with Gasteiger partial charge in [0.15, 0.2) is 5.82 Å². The van der Waals surface area contributed by atoms with Crippen LogP contribution in [0, 0.1) is 10.7 Å². The van der Waals surface area contributed by atoms with Gasteiger partial charge in [0, 0.05) is 18.2 Å². The van der Waals surface area contributed by atoms with Gasteiger partial charge in [-0.3, -0.25) is 9.78 Å². The average molecular weight is 395 g/mol. The SMILES string of the molecule is S=c1[nH]nc(CCC2CCCCC2)n1/N=C\c1cnn(Cc2ccccc2)c1. The van der Waals surface area contributed by atoms with Crippen LogP contribution in [-0.2, 0) is 13.0 Å². The second-order valence-corrected chi connectivity index (χ2v) is 7.89. The Morgan fingerprint density at radius 1 is 1.18 bits per heavy atom. The highest BCUT2D eigenvalue weighted by atomic mass is 32.1. The third kappa shape index (κ3) is 4.84. The van der Waals surface area contributed by atoms with Crippen LogP contribution in [0.2, 0.25) is 0 Å². The molecule has 1 saturated carbocycles. The summed E-state index contributed by atoms with van der Waals surface area (Å²) in [6, 6.07) is 10.3. The molecule has 146 valence electrons. The lowest BCUT2D eigenvalue weighted by Gasteiger charge is -2.20. The molecule has 1 N–H and O–H groups in total. The Balaban J connectivity index is 1.40. The first-order chi connectivity index (χ1) is 13.8. The molecule has 1 aliphatic carbocycles. The predicted octanol–water partition coefficient (Wildman–Crippen LogP) is 4.58. The lowest BCUT2D eigenvalue weighted by atomic mass is 9.86. The number of nitrogens with one attached hydrogen (secondary N) is 1. The lowest BCUT2D eigenvalue weighted by molar-refractivity contribution is 0.336. The van der Waals surface area contributed by atoms with E-state index in [9.17, 15) is 0 Å². The molecule has 2 heterocycles. The molecule has 28 heavy (non-hydrogen) atoms. The summed E-state index contributed by atoms with van der Waals surface area (Å²) in [5, 5.41) is 16.2. The van der Waals surface area contributed by atoms with Gasteiger partial charge in [-0.15, -0.1) is 0 Å². The molecule has 1 aromatic carbocycles. The highest BCUT2D eigenvalue weighted by Crippen LogP contribution is 2.27. The molecule has 4 rings (SSSR count). The Labute approximate surface area is 170 Å². The number of hydrogen-bond acceptors (Lipinski definition) is 4. The van der Waals surface area contributed by atoms with Gasteiger partial charge < -0.3 is 0 Å². The van der Waals surface area contributed by atoms with E-state index in [0.29, 0.717) is 4.77 Å². The van der Waals surface area contributed by atoms with Crippen LogP contribution < -0.4 is 0 Å². The van der Waals surface area contributed by atoms with Gasteiger partial charge in [0.25, 0.3) is 0 Å². The molecule has 0 aliphatic heterocycles. The van der Waals surface area contributed by atoms with Crippen molar-refractivity contribution in [3.05, 3.63) is 64.4 Å². The van der Waals surface area contributed by atoms with E-state index in [-0.39, 0.29) is 0 Å². The zero-order chi connectivity index (χ0) is 19.2. The van der Waals surface area contributed by atoms with Crippen LogP contribution in [-0.4, -0.2) is 30.9 Å². The van der Waals surface area contributed by atoms with Gasteiger partial charge in [-0.25, -0.2) is 0 Å². The molecular formula is C21H26N6S. The maximum atomic E-state index is 5.36. The van der Waals surface area contributed by atoms with Gasteiger partial charge in [0.1, 0.15) is 0 Å². The summed E-state index contributed by atoms with van der Waals surface area (Å²) in [6.07, 6.45) is 14.5. The standard InChI is InChI=1S/C21H26N6S/c28-21-25-24-20(12-11-17-7-3-1-4-8-17)27(21)23-14-19-13-22-26(16-19)15-18-9-5-2-6-10-18/h2,5-6,9-10,13-14,16-17H,1,3-4,7-8,11-12,15H2,(H,25,28)/b23-14-. The Morgan fingerprint density at radius 3 is 2.82 bits per heavy atom. The van der Waals surface area contributed by atoms with Crippen LogP contribution in [0.1, 0.15) is 55.5 Å². The van der Waals surface area contributed by atoms with Crippen molar-refractivity contribution >= 4 is 18.4 Å². The van der Waals surface area contributed by atoms with Gasteiger partial charge in [-0.2, -0.15) is 20.0 Å². The minimum absolute atomic E-state index is 0.534. The monoisotopic (exact) mass is 394 g/mol. The smallest absolute Gasteiger partial charge is 0.216 e. The molecule has 0 saturated heterocycles. The van der Waals surface area contributed by atoms with Crippen molar-refractivity contribution in [1.29, 1.82) is 0 Å². The van der Waals surface area contributed by atoms with Gasteiger partial charge in [0.2, 0.25) is 4.77 Å². The molecule has 1 aliphatic rings. The predicted molar refractivity (Wildman–Crippen MR) is 113 cm³/mol. The van der Waals surface area contributed by atoms with Crippen molar-refractivity contribution in [1.82, 2.24) is 24.7 Å². The molecule has 0 amide bonds. The highest BCUT2D eigenvalue weighted by Gasteiger charge is 2.15. The molecule has 0 unspecified atom stereocenters. The summed E-state index contributed by atoms with van der Waals surface area (Å²) in [6.45, 7) is 0.743. The van der Waals surface area contributed by atoms with E-state index < -0.39 is 0 Å². The average Bonchev–Trinajstić information content (AvgIpc) is 3.32. The molecule has 0 radical (unpaired) electrons. The Bertz CT molecular complexity index is 962. The zero-order valence-corrected chi connectivity index (χ0v) is 16.8. The molecule has 0 bridgehead atoms. The summed E-state index contributed by atoms with van der Waals surface area (Å²) in [5.74, 6) is 1.72. The normalized spacial score (nSPS) is 15.4. The van der Waals surface area contributed by atoms with E-state index in [4.69, 9.17) is 12.2 Å². The minimum Gasteiger partial charge on any atom is -0.268 e. The Kier molecular flexibility index (Phi) is 6.11. The Morgan fingerprint density at radius 2 is 2.00 bits per heavy atom. The molecule has 1 fully saturated rings. The Hall–Kier alpha value is -2.54. The molecule has 0 spiro atoms. The van der Waals surface area contributed by atoms with Crippen LogP contribution in [0.15, 0.2) is 47.8 Å². The van der Waals surface area contributed by atoms with Crippen molar-refractivity contribution in [2.45, 2.75) is 51.5 Å². The van der Waals surface area contributed by atoms with E-state index in [0.717, 1.165) is 36.7 Å². The molecule has 6 nitrogen and oxygen atoms in total. The summed E-state index contributed by atoms with van der Waals surface area (Å²) in [4.78, 5) is 0. The topological polar surface area (TPSA) is 63.8 Å². The summed E-state index contributed by atoms with van der Waals surface area (Å²) >= 11 is 5.36. The maximum Gasteiger partial charge on any atom is 0.216 e. The number of rotatable bonds is 7. The van der Waals surface area contributed by atoms with E-state index >= 15 is 0 Å². The van der Waals surface area contributed by atoms with Crippen molar-refractivity contribution in [2.75, 3.05) is 0 Å². The second kappa shape index (κ2) is 9.10. The van der Waals surface area contributed by atoms with Crippen molar-refractivity contribution in [2.24, 2.45) is 11.0 Å². The number of aromatic nitrogens is 5. The number of nitrogens with zero attached hydrogens (tertiary/aromatic N) is 5. The fourth-order valence-electron chi connectivity index (χ4n) is 3.84. The van der Waals surface area contributed by atoms with Crippen molar-refractivity contribution in [3.63, 3.8) is 0 Å². The van der Waals surface area contributed by atoms with Gasteiger partial charge in [-0.1, -0.05) is 62.4 Å². The molecule has 0 atom stereocenters. The third-order valence-corrected chi connectivity index (χ3v) is 5.65. The summed E-state index contributed by atoms with van der Waals surface area (Å²) in [5.41, 5.74) is 2.16. The van der Waals surface area contributed by atoms with Gasteiger partial charge >= 0.3 is 0 Å². The maximum absolute atomic E-state index is 5.36. The lowest BCUT2D eigenvalue weighted by Crippen LogP contribution is -2.09. The van der Waals surface area contributed by atoms with Crippen LogP contribution >= 0.6 is 12.2 Å². The molecule has 7 heteroatoms. The quantitative estimate of drug-likeness (QED) is 0.471. The van der Waals surface area contributed by atoms with Crippen molar-refractivity contribution < 1.29 is 0 Å². The first kappa shape index (κ1) is 18.8. The van der Waals surface area contributed by atoms with Crippen molar-refractivity contribution in [3.8, 4) is 0 Å². The van der Waals surface area contributed by atoms with E-state index in [1.807, 2.05) is 35.3 Å². The number of aryl methyl sites for hydroxylation is 1. The number of benzene rings is 1. The van der Waals surface area contributed by atoms with E-state index in [1.165, 1.54) is 37.7 Å². The number of aromatic amines is 1. The fourth-order valence-corrected chi connectivity index (χ4v) is 4.04. The fraction of sp³-hybridized carbons (Fsp3) is 0.429. The molecule has 3 aromatic rings. The molecular weight excluding hydrogens is 368 g/mol. The van der Waals surface area contributed by atoms with E-state index in [1.54, 1.807) is 10.9 Å². The second-order valence-electron chi connectivity index (χ2n) is 7.50. The summed E-state index contributed by atoms with van der Waals surface area (Å²) in [7, 11) is 0. The molecule has 2 aromatic heterocycles. The van der Waals surface area contributed by atoms with Crippen LogP contribution in [0.25, 0.3) is 0 Å². The summed E-state index contributed by atoms with van der Waals surface area (Å²) < 4.78 is 4.19. The van der Waals surface area contributed by atoms with Gasteiger partial charge in [0.05, 0.1) is 19.0 Å². The number of H-pyrrole nitrogens is 1. The van der Waals surface area contributed by atoms with Crippen LogP contribution in [0.4, 0.5) is 0 Å². The minimum atomic E-state index is 0.534. The van der Waals surface area contributed by atoms with E-state index in [2.05, 4.69) is 32.5 Å². The zero-order valence-electron chi connectivity index (χ0n) is 16.0. The largest absolute Gasteiger partial charge is 0.268 e. The highest BCUT2D eigenvalue weighted by molar-refractivity contribution is 7.71. The first-order valence-electron chi connectivity index (χ1n) is 10.0. The first-order valence-corrected chi connectivity index (χ1v) is 10.5. The van der Waals surface area contributed by atoms with Gasteiger partial charge in [-0.05, 0) is 30.1 Å².